The van der Waals surface area contributed by atoms with Crippen molar-refractivity contribution in [1.82, 2.24) is 45.6 Å². The number of nitrogens with two attached hydrogens (primary N) is 4. The highest BCUT2D eigenvalue weighted by Gasteiger charge is 2.30. The van der Waals surface area contributed by atoms with Gasteiger partial charge in [0.1, 0.15) is 19.3 Å². The number of aryl methyl sites for hydroxylation is 1. The maximum absolute atomic E-state index is 15.5. The number of rotatable bonds is 50. The van der Waals surface area contributed by atoms with Crippen molar-refractivity contribution < 1.29 is 90.4 Å². The SMILES string of the molecule is COCCOCCOCCOCCOCCOCCOCCOCCN(N)/C=C(\N)COC(=O)N(C)Cc1cc(NC(=O)[C@H](CCCNC(N)=O)NC(=O)[C@@H](N)C(C)C)ccc1COC(=O)N(C)CC#Cc1ccc(OCCCc2sc(N3CCCc4c3nnc(Nc3nc5ccccc5s3)c4C)nc2C(=O)O)c(F)c1. The van der Waals surface area contributed by atoms with Gasteiger partial charge in [0, 0.05) is 74.3 Å². The van der Waals surface area contributed by atoms with Crippen molar-refractivity contribution >= 4 is 96.5 Å². The molecule has 3 aromatic carbocycles. The van der Waals surface area contributed by atoms with E-state index in [0.717, 1.165) is 34.2 Å². The van der Waals surface area contributed by atoms with E-state index in [1.807, 2.05) is 36.1 Å². The van der Waals surface area contributed by atoms with Crippen LogP contribution in [0, 0.1) is 30.5 Å². The van der Waals surface area contributed by atoms with E-state index in [4.69, 9.17) is 75.1 Å². The zero-order valence-corrected chi connectivity index (χ0v) is 65.2. The Hall–Kier alpha value is -9.69. The number of hydrogen-bond donors (Lipinski definition) is 9. The van der Waals surface area contributed by atoms with Crippen LogP contribution in [0.4, 0.5) is 46.4 Å². The number of thiazole rings is 2. The number of hydrazine groups is 1. The first-order valence-electron chi connectivity index (χ1n) is 36.3. The van der Waals surface area contributed by atoms with E-state index >= 15 is 4.39 Å². The first-order valence-corrected chi connectivity index (χ1v) is 37.9. The largest absolute Gasteiger partial charge is 0.491 e. The van der Waals surface area contributed by atoms with Crippen molar-refractivity contribution in [1.29, 1.82) is 0 Å². The number of amides is 6. The zero-order valence-electron chi connectivity index (χ0n) is 63.6. The minimum atomic E-state index is -1.17. The summed E-state index contributed by atoms with van der Waals surface area (Å²) in [4.78, 5) is 92.0. The Morgan fingerprint density at radius 1 is 0.766 bits per heavy atom. The van der Waals surface area contributed by atoms with Gasteiger partial charge in [-0.25, -0.2) is 39.4 Å². The van der Waals surface area contributed by atoms with E-state index in [-0.39, 0.29) is 94.2 Å². The maximum atomic E-state index is 15.5. The fourth-order valence-corrected chi connectivity index (χ4v) is 12.6. The fraction of sp³-hybridized carbons (Fsp3) is 0.514. The Bertz CT molecular complexity index is 4020. The maximum Gasteiger partial charge on any atom is 0.410 e. The first kappa shape index (κ1) is 88.5. The van der Waals surface area contributed by atoms with Crippen molar-refractivity contribution in [3.05, 3.63) is 117 Å². The minimum absolute atomic E-state index is 0.0363. The predicted molar refractivity (Wildman–Crippen MR) is 414 cm³/mol. The molecular formula is C74H103FN16O18S2. The van der Waals surface area contributed by atoms with Crippen LogP contribution < -0.4 is 53.9 Å². The number of carbonyl (C=O) groups is 6. The number of fused-ring (bicyclic) bond motifs is 2. The number of aromatic nitrogens is 4. The molecule has 6 amide bonds. The molecule has 0 fully saturated rings. The van der Waals surface area contributed by atoms with Gasteiger partial charge in [-0.1, -0.05) is 55.2 Å². The van der Waals surface area contributed by atoms with Crippen LogP contribution in [0.3, 0.4) is 0 Å². The van der Waals surface area contributed by atoms with Crippen molar-refractivity contribution in [2.75, 3.05) is 175 Å². The van der Waals surface area contributed by atoms with Gasteiger partial charge < -0.3 is 115 Å². The molecule has 0 saturated carbocycles. The van der Waals surface area contributed by atoms with Gasteiger partial charge >= 0.3 is 24.2 Å². The summed E-state index contributed by atoms with van der Waals surface area (Å²) in [5.74, 6) is 9.72. The summed E-state index contributed by atoms with van der Waals surface area (Å²) in [6.07, 6.45) is 2.35. The lowest BCUT2D eigenvalue weighted by Crippen LogP contribution is -2.51. The van der Waals surface area contributed by atoms with Crippen molar-refractivity contribution in [2.24, 2.45) is 29.0 Å². The molecule has 1 aliphatic rings. The van der Waals surface area contributed by atoms with Gasteiger partial charge in [0.15, 0.2) is 39.2 Å². The van der Waals surface area contributed by atoms with E-state index < -0.39 is 53.9 Å². The van der Waals surface area contributed by atoms with Crippen LogP contribution in [0.15, 0.2) is 72.6 Å². The van der Waals surface area contributed by atoms with Crippen LogP contribution in [0.5, 0.6) is 5.75 Å². The molecule has 1 aliphatic heterocycles. The quantitative estimate of drug-likeness (QED) is 0.00874. The molecule has 0 saturated heterocycles. The average Bonchev–Trinajstić information content (AvgIpc) is 1.72. The average molecular weight is 1590 g/mol. The summed E-state index contributed by atoms with van der Waals surface area (Å²) >= 11 is 2.77. The first-order chi connectivity index (χ1) is 53.6. The Morgan fingerprint density at radius 2 is 1.42 bits per heavy atom. The third-order valence-corrected chi connectivity index (χ3v) is 18.7. The second-order valence-corrected chi connectivity index (χ2v) is 27.7. The molecule has 6 aromatic rings. The van der Waals surface area contributed by atoms with Crippen LogP contribution in [0.25, 0.3) is 10.2 Å². The summed E-state index contributed by atoms with van der Waals surface area (Å²) in [6, 6.07) is 14.0. The number of carboxylic acid groups (broad SMARTS) is 1. The normalized spacial score (nSPS) is 12.5. The third-order valence-electron chi connectivity index (χ3n) is 16.6. The minimum Gasteiger partial charge on any atom is -0.491 e. The third kappa shape index (κ3) is 30.8. The van der Waals surface area contributed by atoms with E-state index in [2.05, 4.69) is 53.3 Å². The van der Waals surface area contributed by atoms with Gasteiger partial charge in [-0.05, 0) is 105 Å². The van der Waals surface area contributed by atoms with Crippen molar-refractivity contribution in [3.8, 4) is 17.6 Å². The number of para-hydroxylation sites is 1. The molecule has 34 nitrogen and oxygen atoms in total. The molecule has 0 unspecified atom stereocenters. The fourth-order valence-electron chi connectivity index (χ4n) is 10.6. The van der Waals surface area contributed by atoms with Crippen molar-refractivity contribution in [3.63, 3.8) is 0 Å². The van der Waals surface area contributed by atoms with E-state index in [1.54, 1.807) is 45.2 Å². The molecule has 37 heteroatoms. The lowest BCUT2D eigenvalue weighted by Gasteiger charge is -2.28. The Labute approximate surface area is 652 Å². The van der Waals surface area contributed by atoms with Crippen LogP contribution in [-0.4, -0.2) is 248 Å². The van der Waals surface area contributed by atoms with E-state index in [1.165, 1.54) is 69.9 Å². The summed E-state index contributed by atoms with van der Waals surface area (Å²) in [6.45, 7) is 11.9. The lowest BCUT2D eigenvalue weighted by atomic mass is 10.0. The highest BCUT2D eigenvalue weighted by molar-refractivity contribution is 7.22. The number of aromatic carboxylic acids is 1. The highest BCUT2D eigenvalue weighted by Crippen LogP contribution is 2.39. The van der Waals surface area contributed by atoms with Gasteiger partial charge in [0.2, 0.25) is 11.8 Å². The molecule has 2 atom stereocenters. The van der Waals surface area contributed by atoms with Gasteiger partial charge in [-0.2, -0.15) is 0 Å². The van der Waals surface area contributed by atoms with E-state index in [9.17, 15) is 33.9 Å². The van der Waals surface area contributed by atoms with Crippen LogP contribution >= 0.6 is 22.7 Å². The smallest absolute Gasteiger partial charge is 0.410 e. The van der Waals surface area contributed by atoms with Gasteiger partial charge in [0.05, 0.1) is 141 Å². The standard InChI is InChI=1S/C74H103FN16O18S2/c1-49(2)63(77)68(93)82-59(16-9-23-80-70(78)96)67(92)81-55-21-20-52(53(44-55)45-89(5)74(98)109-48-54(76)46-90(79)26-28-100-31-32-102-35-36-104-39-40-106-42-41-105-38-37-103-34-33-101-30-29-99-6)47-108-73(97)88(4)24-10-13-51-19-22-60(57(75)43-51)107-27-12-18-62-64(69(94)95)84-72(111-62)91-25-11-14-56-50(3)65(86-87-66(56)91)85-71-83-58-15-7-8-17-61(58)110-71/h7-8,15,17,19-22,43-44,46,49,59,63H,9,11-12,14,16,18,23-42,45,47-48,76-77,79H2,1-6H3,(H,81,92)(H,82,93)(H,94,95)(H3,78,80,96)(H,83,85,86)/b54-46-/t59-,63-/m0/s1. The highest BCUT2D eigenvalue weighted by atomic mass is 32.1. The Morgan fingerprint density at radius 3 is 2.06 bits per heavy atom. The number of anilines is 5. The number of methoxy groups -OCH3 is 1. The summed E-state index contributed by atoms with van der Waals surface area (Å²) < 4.78 is 77.0. The molecule has 0 radical (unpaired) electrons. The Kier molecular flexibility index (Phi) is 38.4. The molecule has 7 rings (SSSR count). The van der Waals surface area contributed by atoms with Crippen LogP contribution in [0.1, 0.15) is 82.7 Å². The topological polar surface area (TPSA) is 441 Å². The number of ether oxygens (including phenoxy) is 11. The monoisotopic (exact) mass is 1590 g/mol. The Balaban J connectivity index is 0.859. The number of urea groups is 1. The zero-order chi connectivity index (χ0) is 79.9. The molecule has 0 spiro atoms. The second-order valence-electron chi connectivity index (χ2n) is 25.6. The number of nitrogens with zero attached hydrogens (tertiary/aromatic N) is 8. The molecular weight excluding hydrogens is 1480 g/mol. The number of benzene rings is 3. The van der Waals surface area contributed by atoms with Crippen LogP contribution in [-0.2, 0) is 83.0 Å². The summed E-state index contributed by atoms with van der Waals surface area (Å²) in [7, 11) is 4.54. The predicted octanol–water partition coefficient (Wildman–Crippen LogP) is 6.31. The lowest BCUT2D eigenvalue weighted by molar-refractivity contribution is -0.128. The molecule has 0 aliphatic carbocycles. The molecule has 4 heterocycles. The molecule has 111 heavy (non-hydrogen) atoms. The number of halogens is 1. The molecule has 606 valence electrons. The van der Waals surface area contributed by atoms with Crippen molar-refractivity contribution in [2.45, 2.75) is 84.5 Å². The van der Waals surface area contributed by atoms with Crippen LogP contribution in [0.2, 0.25) is 0 Å². The number of carbonyl (C=O) groups excluding carboxylic acids is 5. The number of nitrogens with one attached hydrogen (secondary N) is 4. The number of hydrogen-bond acceptors (Lipinski definition) is 29. The van der Waals surface area contributed by atoms with Gasteiger partial charge in [-0.3, -0.25) is 9.59 Å². The summed E-state index contributed by atoms with van der Waals surface area (Å²) in [5, 5.41) is 33.1. The van der Waals surface area contributed by atoms with E-state index in [0.29, 0.717) is 155 Å². The molecule has 0 bridgehead atoms. The number of primary amides is 1. The van der Waals surface area contributed by atoms with Gasteiger partial charge in [0.25, 0.3) is 0 Å². The molecule has 13 N–H and O–H groups in total. The molecule has 3 aromatic heterocycles. The van der Waals surface area contributed by atoms with Gasteiger partial charge in [-0.15, -0.1) is 21.5 Å². The number of carboxylic acids is 1. The second kappa shape index (κ2) is 48.2. The summed E-state index contributed by atoms with van der Waals surface area (Å²) in [5.41, 5.74) is 21.7.